The number of para-hydroxylation sites is 2. The van der Waals surface area contributed by atoms with Gasteiger partial charge in [0.25, 0.3) is 0 Å². The van der Waals surface area contributed by atoms with Gasteiger partial charge in [-0.05, 0) is 80.9 Å². The molecule has 3 heterocycles. The molecule has 1 aliphatic carbocycles. The minimum atomic E-state index is -0.0930. The van der Waals surface area contributed by atoms with Crippen molar-refractivity contribution in [1.82, 2.24) is 15.0 Å². The minimum Gasteiger partial charge on any atom is -0.456 e. The lowest BCUT2D eigenvalue weighted by Crippen LogP contribution is -2.14. The summed E-state index contributed by atoms with van der Waals surface area (Å²) in [5.41, 5.74) is 15.5. The summed E-state index contributed by atoms with van der Waals surface area (Å²) in [6.45, 7) is 4.65. The number of hydrogen-bond acceptors (Lipinski definition) is 5. The Kier molecular flexibility index (Phi) is 7.20. The average molecular weight is 758 g/mol. The summed E-state index contributed by atoms with van der Waals surface area (Å²) in [6, 6.07) is 61.4. The van der Waals surface area contributed by atoms with Crippen molar-refractivity contribution in [3.63, 3.8) is 0 Å². The van der Waals surface area contributed by atoms with Crippen LogP contribution in [0.3, 0.4) is 0 Å². The number of furan rings is 2. The van der Waals surface area contributed by atoms with Gasteiger partial charge in [-0.15, -0.1) is 0 Å². The van der Waals surface area contributed by atoms with Crippen LogP contribution in [-0.4, -0.2) is 15.0 Å². The standard InChI is InChI=1S/C54H35N3O2/c1-54(2)44-19-8-6-14-37(44)38-28-26-36(31-45(38)54)35-27-29-47-43(30-35)49-41(17-11-21-48(49)58-47)52-55-51(34-24-22-33(23-25-34)32-12-4-3-5-13-32)56-53(57-52)42-18-10-16-40-39-15-7-9-20-46(39)59-50(40)42/h3-31H,1-2H3. The lowest BCUT2D eigenvalue weighted by molar-refractivity contribution is 0.660. The summed E-state index contributed by atoms with van der Waals surface area (Å²) in [4.78, 5) is 15.6. The maximum Gasteiger partial charge on any atom is 0.167 e. The predicted octanol–water partition coefficient (Wildman–Crippen LogP) is 14.3. The van der Waals surface area contributed by atoms with Gasteiger partial charge in [-0.25, -0.2) is 15.0 Å². The Morgan fingerprint density at radius 1 is 0.356 bits per heavy atom. The number of benzene rings is 8. The molecule has 59 heavy (non-hydrogen) atoms. The Balaban J connectivity index is 1.04. The maximum absolute atomic E-state index is 6.54. The molecule has 278 valence electrons. The molecule has 8 aromatic carbocycles. The third kappa shape index (κ3) is 5.21. The normalized spacial score (nSPS) is 13.1. The highest BCUT2D eigenvalue weighted by molar-refractivity contribution is 6.13. The van der Waals surface area contributed by atoms with Gasteiger partial charge < -0.3 is 8.83 Å². The van der Waals surface area contributed by atoms with Crippen LogP contribution in [0.25, 0.3) is 111 Å². The topological polar surface area (TPSA) is 65.0 Å². The Bertz CT molecular complexity index is 3470. The molecule has 0 aliphatic heterocycles. The van der Waals surface area contributed by atoms with Crippen molar-refractivity contribution >= 4 is 43.9 Å². The zero-order valence-electron chi connectivity index (χ0n) is 32.4. The minimum absolute atomic E-state index is 0.0930. The second kappa shape index (κ2) is 12.7. The summed E-state index contributed by atoms with van der Waals surface area (Å²) in [5.74, 6) is 1.67. The van der Waals surface area contributed by atoms with E-state index in [2.05, 4.69) is 141 Å². The molecule has 0 N–H and O–H groups in total. The summed E-state index contributed by atoms with van der Waals surface area (Å²) >= 11 is 0. The molecule has 0 bridgehead atoms. The summed E-state index contributed by atoms with van der Waals surface area (Å²) in [7, 11) is 0. The fraction of sp³-hybridized carbons (Fsp3) is 0.0556. The number of rotatable bonds is 5. The Morgan fingerprint density at radius 2 is 0.932 bits per heavy atom. The van der Waals surface area contributed by atoms with Crippen molar-refractivity contribution in [2.75, 3.05) is 0 Å². The SMILES string of the molecule is CC1(C)c2ccccc2-c2ccc(-c3ccc4oc5cccc(-c6nc(-c7ccc(-c8ccccc8)cc7)nc(-c7cccc8c7oc7ccccc78)n6)c5c4c3)cc21. The first-order valence-electron chi connectivity index (χ1n) is 20.0. The van der Waals surface area contributed by atoms with Gasteiger partial charge in [-0.1, -0.05) is 153 Å². The highest BCUT2D eigenvalue weighted by Crippen LogP contribution is 2.50. The van der Waals surface area contributed by atoms with Crippen molar-refractivity contribution < 1.29 is 8.83 Å². The molecule has 0 unspecified atom stereocenters. The van der Waals surface area contributed by atoms with Crippen molar-refractivity contribution in [3.05, 3.63) is 187 Å². The van der Waals surface area contributed by atoms with Crippen LogP contribution in [0, 0.1) is 0 Å². The first kappa shape index (κ1) is 33.5. The van der Waals surface area contributed by atoms with Crippen LogP contribution in [0.2, 0.25) is 0 Å². The smallest absolute Gasteiger partial charge is 0.167 e. The lowest BCUT2D eigenvalue weighted by atomic mass is 9.81. The summed E-state index contributed by atoms with van der Waals surface area (Å²) < 4.78 is 13.1. The van der Waals surface area contributed by atoms with Crippen LogP contribution in [-0.2, 0) is 5.41 Å². The van der Waals surface area contributed by atoms with Crippen molar-refractivity contribution in [2.24, 2.45) is 0 Å². The van der Waals surface area contributed by atoms with Gasteiger partial charge in [-0.2, -0.15) is 0 Å². The fourth-order valence-electron chi connectivity index (χ4n) is 9.19. The van der Waals surface area contributed by atoms with Gasteiger partial charge in [0.1, 0.15) is 22.3 Å². The first-order valence-corrected chi connectivity index (χ1v) is 20.0. The van der Waals surface area contributed by atoms with E-state index in [9.17, 15) is 0 Å². The maximum atomic E-state index is 6.54. The zero-order chi connectivity index (χ0) is 39.2. The average Bonchev–Trinajstić information content (AvgIpc) is 3.94. The molecular weight excluding hydrogens is 723 g/mol. The third-order valence-electron chi connectivity index (χ3n) is 12.2. The van der Waals surface area contributed by atoms with E-state index in [1.54, 1.807) is 0 Å². The van der Waals surface area contributed by atoms with Crippen molar-refractivity contribution in [2.45, 2.75) is 19.3 Å². The van der Waals surface area contributed by atoms with E-state index in [1.807, 2.05) is 48.5 Å². The van der Waals surface area contributed by atoms with E-state index >= 15 is 0 Å². The molecule has 0 atom stereocenters. The van der Waals surface area contributed by atoms with Crippen LogP contribution in [0.5, 0.6) is 0 Å². The molecule has 0 amide bonds. The van der Waals surface area contributed by atoms with Gasteiger partial charge in [-0.3, -0.25) is 0 Å². The molecule has 12 rings (SSSR count). The van der Waals surface area contributed by atoms with E-state index in [-0.39, 0.29) is 5.41 Å². The molecule has 0 saturated carbocycles. The van der Waals surface area contributed by atoms with E-state index in [0.29, 0.717) is 17.5 Å². The molecule has 0 fully saturated rings. The largest absolute Gasteiger partial charge is 0.456 e. The zero-order valence-corrected chi connectivity index (χ0v) is 32.4. The van der Waals surface area contributed by atoms with Crippen LogP contribution in [0.15, 0.2) is 185 Å². The monoisotopic (exact) mass is 757 g/mol. The van der Waals surface area contributed by atoms with Gasteiger partial charge >= 0.3 is 0 Å². The molecule has 11 aromatic rings. The van der Waals surface area contributed by atoms with Crippen LogP contribution in [0.1, 0.15) is 25.0 Å². The van der Waals surface area contributed by atoms with Gasteiger partial charge in [0.05, 0.1) is 5.56 Å². The number of fused-ring (bicyclic) bond motifs is 9. The highest BCUT2D eigenvalue weighted by Gasteiger charge is 2.35. The van der Waals surface area contributed by atoms with Crippen LogP contribution in [0.4, 0.5) is 0 Å². The Labute approximate surface area is 340 Å². The second-order valence-electron chi connectivity index (χ2n) is 16.0. The molecule has 0 spiro atoms. The van der Waals surface area contributed by atoms with Gasteiger partial charge in [0.15, 0.2) is 17.5 Å². The molecule has 0 saturated heterocycles. The number of nitrogens with zero attached hydrogens (tertiary/aromatic N) is 3. The van der Waals surface area contributed by atoms with Gasteiger partial charge in [0.2, 0.25) is 0 Å². The molecule has 5 heteroatoms. The van der Waals surface area contributed by atoms with E-state index < -0.39 is 0 Å². The molecular formula is C54H35N3O2. The molecule has 5 nitrogen and oxygen atoms in total. The predicted molar refractivity (Wildman–Crippen MR) is 239 cm³/mol. The van der Waals surface area contributed by atoms with E-state index in [1.165, 1.54) is 27.8 Å². The van der Waals surface area contributed by atoms with Crippen LogP contribution >= 0.6 is 0 Å². The third-order valence-corrected chi connectivity index (χ3v) is 12.2. The fourth-order valence-corrected chi connectivity index (χ4v) is 9.19. The first-order chi connectivity index (χ1) is 29.0. The highest BCUT2D eigenvalue weighted by atomic mass is 16.3. The molecule has 3 aromatic heterocycles. The van der Waals surface area contributed by atoms with Crippen LogP contribution < -0.4 is 0 Å². The van der Waals surface area contributed by atoms with E-state index in [4.69, 9.17) is 23.8 Å². The van der Waals surface area contributed by atoms with Crippen molar-refractivity contribution in [3.8, 4) is 67.5 Å². The number of aromatic nitrogens is 3. The molecule has 0 radical (unpaired) electrons. The Morgan fingerprint density at radius 3 is 1.81 bits per heavy atom. The summed E-state index contributed by atoms with van der Waals surface area (Å²) in [5, 5.41) is 4.04. The molecule has 1 aliphatic rings. The quantitative estimate of drug-likeness (QED) is 0.175. The lowest BCUT2D eigenvalue weighted by Gasteiger charge is -2.22. The number of hydrogen-bond donors (Lipinski definition) is 0. The van der Waals surface area contributed by atoms with Gasteiger partial charge in [0, 0.05) is 38.1 Å². The summed E-state index contributed by atoms with van der Waals surface area (Å²) in [6.07, 6.45) is 0. The van der Waals surface area contributed by atoms with E-state index in [0.717, 1.165) is 77.3 Å². The second-order valence-corrected chi connectivity index (χ2v) is 16.0. The Hall–Kier alpha value is -7.63. The van der Waals surface area contributed by atoms with Crippen molar-refractivity contribution in [1.29, 1.82) is 0 Å².